The summed E-state index contributed by atoms with van der Waals surface area (Å²) < 4.78 is 20.0. The monoisotopic (exact) mass is 233 g/mol. The Labute approximate surface area is 90.8 Å². The summed E-state index contributed by atoms with van der Waals surface area (Å²) >= 11 is 5.56. The fourth-order valence-corrected chi connectivity index (χ4v) is 1.32. The van der Waals surface area contributed by atoms with E-state index in [0.717, 1.165) is 0 Å². The third-order valence-electron chi connectivity index (χ3n) is 1.39. The number of hydrogen-bond acceptors (Lipinski definition) is 2. The molecule has 1 rings (SSSR count). The van der Waals surface area contributed by atoms with Crippen molar-refractivity contribution >= 4 is 28.8 Å². The maximum atomic E-state index is 11.5. The van der Waals surface area contributed by atoms with Crippen molar-refractivity contribution in [3.8, 4) is 0 Å². The van der Waals surface area contributed by atoms with Crippen LogP contribution in [0.2, 0.25) is 5.22 Å². The molecule has 3 nitrogen and oxygen atoms in total. The molecule has 0 radical (unpaired) electrons. The highest BCUT2D eigenvalue weighted by molar-refractivity contribution is 7.85. The molecule has 5 heteroatoms. The van der Waals surface area contributed by atoms with Gasteiger partial charge in [0.05, 0.1) is 11.0 Å². The molecule has 1 aromatic heterocycles. The number of nitrogens with zero attached hydrogens (tertiary/aromatic N) is 1. The Bertz CT molecular complexity index is 365. The maximum absolute atomic E-state index is 11.5. The molecule has 0 aromatic carbocycles. The normalized spacial score (nSPS) is 14.9. The largest absolute Gasteiger partial charge is 0.444 e. The summed E-state index contributed by atoms with van der Waals surface area (Å²) in [5, 5.41) is 0.299. The first-order chi connectivity index (χ1) is 6.39. The van der Waals surface area contributed by atoms with Crippen LogP contribution in [-0.2, 0) is 11.0 Å². The predicted octanol–water partition coefficient (Wildman–Crippen LogP) is 2.81. The first-order valence-corrected chi connectivity index (χ1v) is 5.59. The van der Waals surface area contributed by atoms with Crippen LogP contribution in [0.1, 0.15) is 26.5 Å². The van der Waals surface area contributed by atoms with E-state index >= 15 is 0 Å². The average molecular weight is 234 g/mol. The summed E-state index contributed by atoms with van der Waals surface area (Å²) in [6, 6.07) is 3.29. The molecule has 14 heavy (non-hydrogen) atoms. The van der Waals surface area contributed by atoms with Crippen molar-refractivity contribution in [2.75, 3.05) is 0 Å². The van der Waals surface area contributed by atoms with Crippen LogP contribution in [-0.4, -0.2) is 15.2 Å². The molecular weight excluding hydrogens is 222 g/mol. The predicted molar refractivity (Wildman–Crippen MR) is 59.2 cm³/mol. The molecule has 0 saturated carbocycles. The zero-order chi connectivity index (χ0) is 10.8. The summed E-state index contributed by atoms with van der Waals surface area (Å²) in [6.07, 6.45) is 1.42. The second-order valence-corrected chi connectivity index (χ2v) is 6.04. The molecule has 78 valence electrons. The lowest BCUT2D eigenvalue weighted by Gasteiger charge is -2.12. The minimum absolute atomic E-state index is 0.299. The summed E-state index contributed by atoms with van der Waals surface area (Å²) in [4.78, 5) is 0. The highest BCUT2D eigenvalue weighted by atomic mass is 35.5. The van der Waals surface area contributed by atoms with Crippen LogP contribution in [0.25, 0.3) is 0 Å². The van der Waals surface area contributed by atoms with Crippen molar-refractivity contribution < 1.29 is 8.63 Å². The molecule has 1 aromatic rings. The highest BCUT2D eigenvalue weighted by Gasteiger charge is 2.18. The van der Waals surface area contributed by atoms with Gasteiger partial charge >= 0.3 is 0 Å². The molecule has 0 bridgehead atoms. The Kier molecular flexibility index (Phi) is 3.50. The fraction of sp³-hybridized carbons (Fsp3) is 0.444. The topological polar surface area (TPSA) is 42.6 Å². The molecule has 0 spiro atoms. The Balaban J connectivity index is 2.70. The molecule has 0 amide bonds. The molecular formula is C9H12ClNO2S. The van der Waals surface area contributed by atoms with E-state index in [-0.39, 0.29) is 4.75 Å². The van der Waals surface area contributed by atoms with E-state index in [0.29, 0.717) is 11.0 Å². The number of halogens is 1. The summed E-state index contributed by atoms with van der Waals surface area (Å²) in [7, 11) is -1.26. The van der Waals surface area contributed by atoms with E-state index in [1.165, 1.54) is 6.21 Å². The second kappa shape index (κ2) is 4.28. The first-order valence-electron chi connectivity index (χ1n) is 4.11. The minimum Gasteiger partial charge on any atom is -0.444 e. The van der Waals surface area contributed by atoms with Gasteiger partial charge in [0.1, 0.15) is 16.7 Å². The van der Waals surface area contributed by atoms with Crippen LogP contribution in [0.15, 0.2) is 20.9 Å². The quantitative estimate of drug-likeness (QED) is 0.738. The lowest BCUT2D eigenvalue weighted by Crippen LogP contribution is -2.19. The fourth-order valence-electron chi connectivity index (χ4n) is 0.656. The lowest BCUT2D eigenvalue weighted by atomic mass is 10.3. The van der Waals surface area contributed by atoms with Crippen molar-refractivity contribution in [1.82, 2.24) is 0 Å². The van der Waals surface area contributed by atoms with E-state index in [1.54, 1.807) is 12.1 Å². The van der Waals surface area contributed by atoms with E-state index < -0.39 is 11.0 Å². The standard InChI is InChI=1S/C9H12ClNO2S/c1-9(2,3)14(12)11-6-7-4-5-8(10)13-7/h4-6H,1-3H3/b11-6+/t14-/m0/s1. The highest BCUT2D eigenvalue weighted by Crippen LogP contribution is 2.14. The van der Waals surface area contributed by atoms with E-state index in [9.17, 15) is 4.21 Å². The molecule has 0 fully saturated rings. The van der Waals surface area contributed by atoms with Gasteiger partial charge in [0.15, 0.2) is 5.22 Å². The third kappa shape index (κ3) is 3.27. The van der Waals surface area contributed by atoms with E-state index in [1.807, 2.05) is 20.8 Å². The van der Waals surface area contributed by atoms with Gasteiger partial charge in [-0.2, -0.15) is 4.40 Å². The Morgan fingerprint density at radius 1 is 1.50 bits per heavy atom. The van der Waals surface area contributed by atoms with Gasteiger partial charge in [0, 0.05) is 0 Å². The molecule has 0 aliphatic heterocycles. The summed E-state index contributed by atoms with van der Waals surface area (Å²) in [5.41, 5.74) is 0. The van der Waals surface area contributed by atoms with Crippen molar-refractivity contribution in [2.45, 2.75) is 25.5 Å². The Morgan fingerprint density at radius 2 is 2.14 bits per heavy atom. The Morgan fingerprint density at radius 3 is 2.57 bits per heavy atom. The number of furan rings is 1. The first kappa shape index (κ1) is 11.5. The van der Waals surface area contributed by atoms with Crippen molar-refractivity contribution in [3.63, 3.8) is 0 Å². The van der Waals surface area contributed by atoms with Crippen molar-refractivity contribution in [3.05, 3.63) is 23.1 Å². The van der Waals surface area contributed by atoms with Crippen LogP contribution >= 0.6 is 11.6 Å². The zero-order valence-corrected chi connectivity index (χ0v) is 9.85. The van der Waals surface area contributed by atoms with Crippen LogP contribution in [0.3, 0.4) is 0 Å². The second-order valence-electron chi connectivity index (χ2n) is 3.74. The molecule has 0 N–H and O–H groups in total. The van der Waals surface area contributed by atoms with E-state index in [2.05, 4.69) is 4.40 Å². The van der Waals surface area contributed by atoms with Gasteiger partial charge in [0.25, 0.3) is 0 Å². The van der Waals surface area contributed by atoms with E-state index in [4.69, 9.17) is 16.0 Å². The molecule has 1 atom stereocenters. The molecule has 0 aliphatic rings. The van der Waals surface area contributed by atoms with Gasteiger partial charge in [-0.15, -0.1) is 0 Å². The molecule has 0 aliphatic carbocycles. The van der Waals surface area contributed by atoms with Crippen LogP contribution < -0.4 is 0 Å². The van der Waals surface area contributed by atoms with Gasteiger partial charge in [-0.1, -0.05) is 0 Å². The SMILES string of the molecule is CC(C)(C)[S@](=O)/N=C/c1ccc(Cl)o1. The smallest absolute Gasteiger partial charge is 0.193 e. The van der Waals surface area contributed by atoms with Gasteiger partial charge in [-0.05, 0) is 44.5 Å². The van der Waals surface area contributed by atoms with Gasteiger partial charge in [-0.25, -0.2) is 4.21 Å². The van der Waals surface area contributed by atoms with Crippen LogP contribution in [0.5, 0.6) is 0 Å². The zero-order valence-electron chi connectivity index (χ0n) is 8.28. The molecule has 0 saturated heterocycles. The minimum atomic E-state index is -1.26. The number of rotatable bonds is 2. The Hall–Kier alpha value is -0.610. The van der Waals surface area contributed by atoms with Gasteiger partial charge < -0.3 is 4.42 Å². The van der Waals surface area contributed by atoms with Gasteiger partial charge in [0.2, 0.25) is 0 Å². The summed E-state index contributed by atoms with van der Waals surface area (Å²) in [5.74, 6) is 0.507. The average Bonchev–Trinajstić information content (AvgIpc) is 2.45. The van der Waals surface area contributed by atoms with Crippen LogP contribution in [0.4, 0.5) is 0 Å². The molecule has 1 heterocycles. The van der Waals surface area contributed by atoms with Gasteiger partial charge in [-0.3, -0.25) is 0 Å². The summed E-state index contributed by atoms with van der Waals surface area (Å²) in [6.45, 7) is 5.57. The number of hydrogen-bond donors (Lipinski definition) is 0. The lowest BCUT2D eigenvalue weighted by molar-refractivity contribution is 0.562. The van der Waals surface area contributed by atoms with Crippen molar-refractivity contribution in [1.29, 1.82) is 0 Å². The molecule has 0 unspecified atom stereocenters. The van der Waals surface area contributed by atoms with Crippen molar-refractivity contribution in [2.24, 2.45) is 4.40 Å². The third-order valence-corrected chi connectivity index (χ3v) is 2.94. The maximum Gasteiger partial charge on any atom is 0.193 e. The van der Waals surface area contributed by atoms with Crippen LogP contribution in [0, 0.1) is 0 Å².